The van der Waals surface area contributed by atoms with E-state index in [0.29, 0.717) is 0 Å². The predicted molar refractivity (Wildman–Crippen MR) is 63.6 cm³/mol. The third-order valence-corrected chi connectivity index (χ3v) is 2.79. The van der Waals surface area contributed by atoms with Crippen molar-refractivity contribution in [1.82, 2.24) is 4.90 Å². The van der Waals surface area contributed by atoms with Crippen molar-refractivity contribution in [2.45, 2.75) is 53.5 Å². The zero-order valence-electron chi connectivity index (χ0n) is 10.8. The van der Waals surface area contributed by atoms with Crippen molar-refractivity contribution in [2.24, 2.45) is 5.41 Å². The summed E-state index contributed by atoms with van der Waals surface area (Å²) in [6, 6.07) is 0. The highest BCUT2D eigenvalue weighted by Gasteiger charge is 2.34. The molecule has 1 aliphatic rings. The molecule has 0 atom stereocenters. The molecule has 0 unspecified atom stereocenters. The zero-order valence-corrected chi connectivity index (χ0v) is 10.8. The molecule has 1 heterocycles. The van der Waals surface area contributed by atoms with Crippen LogP contribution >= 0.6 is 0 Å². The highest BCUT2D eigenvalue weighted by atomic mass is 16.2. The van der Waals surface area contributed by atoms with Crippen molar-refractivity contribution in [1.29, 1.82) is 0 Å². The summed E-state index contributed by atoms with van der Waals surface area (Å²) in [4.78, 5) is 14.3. The van der Waals surface area contributed by atoms with Crippen LogP contribution in [0.2, 0.25) is 0 Å². The van der Waals surface area contributed by atoms with Gasteiger partial charge in [0.15, 0.2) is 0 Å². The molecule has 0 N–H and O–H groups in total. The quantitative estimate of drug-likeness (QED) is 0.600. The van der Waals surface area contributed by atoms with Crippen LogP contribution in [-0.2, 0) is 4.79 Å². The van der Waals surface area contributed by atoms with Gasteiger partial charge < -0.3 is 4.90 Å². The normalized spacial score (nSPS) is 19.2. The zero-order chi connectivity index (χ0) is 11.9. The molecule has 2 nitrogen and oxygen atoms in total. The van der Waals surface area contributed by atoms with E-state index in [1.807, 2.05) is 4.90 Å². The van der Waals surface area contributed by atoms with Crippen molar-refractivity contribution in [3.8, 4) is 0 Å². The molecule has 0 saturated carbocycles. The molecule has 0 fully saturated rings. The topological polar surface area (TPSA) is 20.3 Å². The second kappa shape index (κ2) is 3.66. The maximum Gasteiger partial charge on any atom is 0.250 e. The number of amides is 1. The Morgan fingerprint density at radius 2 is 1.67 bits per heavy atom. The highest BCUT2D eigenvalue weighted by molar-refractivity contribution is 5.95. The molecule has 0 radical (unpaired) electrons. The summed E-state index contributed by atoms with van der Waals surface area (Å²) >= 11 is 0. The van der Waals surface area contributed by atoms with Gasteiger partial charge in [0.05, 0.1) is 0 Å². The molecule has 0 aliphatic carbocycles. The second-order valence-corrected chi connectivity index (χ2v) is 6.28. The van der Waals surface area contributed by atoms with Gasteiger partial charge in [0.2, 0.25) is 5.91 Å². The van der Waals surface area contributed by atoms with Gasteiger partial charge in [-0.1, -0.05) is 26.8 Å². The fourth-order valence-electron chi connectivity index (χ4n) is 1.94. The Morgan fingerprint density at radius 1 is 1.13 bits per heavy atom. The Labute approximate surface area is 93.3 Å². The molecule has 0 saturated heterocycles. The first kappa shape index (κ1) is 12.3. The maximum atomic E-state index is 12.3. The molecular weight excluding hydrogens is 186 g/mol. The number of carbonyl (C=O) groups excluding carboxylic acids is 1. The van der Waals surface area contributed by atoms with Crippen LogP contribution < -0.4 is 0 Å². The Hall–Kier alpha value is -0.790. The van der Waals surface area contributed by atoms with Gasteiger partial charge in [-0.25, -0.2) is 0 Å². The van der Waals surface area contributed by atoms with Crippen LogP contribution in [0.15, 0.2) is 11.6 Å². The van der Waals surface area contributed by atoms with Gasteiger partial charge in [0, 0.05) is 17.7 Å². The average Bonchev–Trinajstić information content (AvgIpc) is 1.99. The van der Waals surface area contributed by atoms with E-state index in [1.165, 1.54) is 0 Å². The number of nitrogens with zero attached hydrogens (tertiary/aromatic N) is 1. The molecule has 0 aromatic heterocycles. The first-order chi connectivity index (χ1) is 6.64. The molecule has 0 spiro atoms. The van der Waals surface area contributed by atoms with Crippen LogP contribution in [0.5, 0.6) is 0 Å². The molecule has 1 amide bonds. The predicted octanol–water partition coefficient (Wildman–Crippen LogP) is 2.99. The SMILES string of the molecule is CC(C)(C)C1=CCCN(C(C)(C)C)C1=O. The van der Waals surface area contributed by atoms with E-state index in [2.05, 4.69) is 47.6 Å². The fourth-order valence-corrected chi connectivity index (χ4v) is 1.94. The fraction of sp³-hybridized carbons (Fsp3) is 0.769. The van der Waals surface area contributed by atoms with Gasteiger partial charge in [-0.3, -0.25) is 4.79 Å². The standard InChI is InChI=1S/C13H23NO/c1-12(2,3)10-8-7-9-14(11(10)15)13(4,5)6/h8H,7,9H2,1-6H3. The monoisotopic (exact) mass is 209 g/mol. The molecular formula is C13H23NO. The van der Waals surface area contributed by atoms with Crippen LogP contribution in [0.3, 0.4) is 0 Å². The third kappa shape index (κ3) is 2.61. The van der Waals surface area contributed by atoms with Gasteiger partial charge in [-0.15, -0.1) is 0 Å². The largest absolute Gasteiger partial charge is 0.334 e. The van der Waals surface area contributed by atoms with E-state index < -0.39 is 0 Å². The van der Waals surface area contributed by atoms with Crippen LogP contribution in [0.1, 0.15) is 48.0 Å². The van der Waals surface area contributed by atoms with E-state index in [4.69, 9.17) is 0 Å². The summed E-state index contributed by atoms with van der Waals surface area (Å²) in [6.45, 7) is 13.4. The first-order valence-electron chi connectivity index (χ1n) is 5.66. The minimum Gasteiger partial charge on any atom is -0.334 e. The lowest BCUT2D eigenvalue weighted by atomic mass is 9.82. The highest BCUT2D eigenvalue weighted by Crippen LogP contribution is 2.32. The third-order valence-electron chi connectivity index (χ3n) is 2.79. The molecule has 0 aromatic carbocycles. The minimum atomic E-state index is -0.0676. The summed E-state index contributed by atoms with van der Waals surface area (Å²) < 4.78 is 0. The van der Waals surface area contributed by atoms with Gasteiger partial charge in [0.25, 0.3) is 0 Å². The van der Waals surface area contributed by atoms with Crippen LogP contribution in [0.4, 0.5) is 0 Å². The van der Waals surface area contributed by atoms with E-state index >= 15 is 0 Å². The average molecular weight is 209 g/mol. The van der Waals surface area contributed by atoms with Crippen molar-refractivity contribution in [3.63, 3.8) is 0 Å². The Bertz CT molecular complexity index is 289. The summed E-state index contributed by atoms with van der Waals surface area (Å²) in [5.74, 6) is 0.209. The van der Waals surface area contributed by atoms with E-state index in [1.54, 1.807) is 0 Å². The summed E-state index contributed by atoms with van der Waals surface area (Å²) in [5.41, 5.74) is 0.853. The lowest BCUT2D eigenvalue weighted by Crippen LogP contribution is -2.49. The maximum absolute atomic E-state index is 12.3. The van der Waals surface area contributed by atoms with Gasteiger partial charge in [-0.2, -0.15) is 0 Å². The van der Waals surface area contributed by atoms with Crippen molar-refractivity contribution in [2.75, 3.05) is 6.54 Å². The molecule has 2 heteroatoms. The number of carbonyl (C=O) groups is 1. The molecule has 15 heavy (non-hydrogen) atoms. The van der Waals surface area contributed by atoms with Gasteiger partial charge >= 0.3 is 0 Å². The van der Waals surface area contributed by atoms with Crippen LogP contribution in [-0.4, -0.2) is 22.9 Å². The summed E-state index contributed by atoms with van der Waals surface area (Å²) in [7, 11) is 0. The first-order valence-corrected chi connectivity index (χ1v) is 5.66. The van der Waals surface area contributed by atoms with Gasteiger partial charge in [0.1, 0.15) is 0 Å². The number of hydrogen-bond acceptors (Lipinski definition) is 1. The molecule has 86 valence electrons. The van der Waals surface area contributed by atoms with E-state index in [0.717, 1.165) is 18.5 Å². The molecule has 1 aliphatic heterocycles. The Morgan fingerprint density at radius 3 is 2.07 bits per heavy atom. The molecule has 0 aromatic rings. The van der Waals surface area contributed by atoms with Crippen LogP contribution in [0, 0.1) is 5.41 Å². The smallest absolute Gasteiger partial charge is 0.250 e. The van der Waals surface area contributed by atoms with Crippen molar-refractivity contribution >= 4 is 5.91 Å². The van der Waals surface area contributed by atoms with Crippen molar-refractivity contribution in [3.05, 3.63) is 11.6 Å². The van der Waals surface area contributed by atoms with Crippen LogP contribution in [0.25, 0.3) is 0 Å². The lowest BCUT2D eigenvalue weighted by molar-refractivity contribution is -0.133. The molecule has 1 rings (SSSR count). The van der Waals surface area contributed by atoms with E-state index in [9.17, 15) is 4.79 Å². The second-order valence-electron chi connectivity index (χ2n) is 6.28. The number of hydrogen-bond donors (Lipinski definition) is 0. The summed E-state index contributed by atoms with van der Waals surface area (Å²) in [6.07, 6.45) is 3.08. The van der Waals surface area contributed by atoms with Crippen molar-refractivity contribution < 1.29 is 4.79 Å². The minimum absolute atomic E-state index is 0.0407. The summed E-state index contributed by atoms with van der Waals surface area (Å²) in [5, 5.41) is 0. The van der Waals surface area contributed by atoms with E-state index in [-0.39, 0.29) is 16.9 Å². The molecule has 0 bridgehead atoms. The Balaban J connectivity index is 2.98. The number of rotatable bonds is 0. The Kier molecular flexibility index (Phi) is 2.99. The van der Waals surface area contributed by atoms with Gasteiger partial charge in [-0.05, 0) is 32.6 Å². The lowest BCUT2D eigenvalue weighted by Gasteiger charge is -2.40.